The van der Waals surface area contributed by atoms with Crippen LogP contribution in [-0.4, -0.2) is 27.8 Å². The molecule has 1 unspecified atom stereocenters. The number of anilines is 1. The number of nitrogens with one attached hydrogen (secondary N) is 1. The van der Waals surface area contributed by atoms with Gasteiger partial charge in [0.15, 0.2) is 0 Å². The molecule has 6 nitrogen and oxygen atoms in total. The molecule has 1 amide bonds. The summed E-state index contributed by atoms with van der Waals surface area (Å²) in [5.74, 6) is -0.156. The van der Waals surface area contributed by atoms with Crippen LogP contribution in [0.3, 0.4) is 0 Å². The van der Waals surface area contributed by atoms with Crippen LogP contribution in [0.15, 0.2) is 17.0 Å². The van der Waals surface area contributed by atoms with Gasteiger partial charge >= 0.3 is 0 Å². The first-order chi connectivity index (χ1) is 8.51. The number of aliphatic hydroxyl groups excluding tert-OH is 1. The van der Waals surface area contributed by atoms with E-state index in [-0.39, 0.29) is 29.9 Å². The topological polar surface area (TPSA) is 92.5 Å². The van der Waals surface area contributed by atoms with E-state index in [1.807, 2.05) is 0 Å². The summed E-state index contributed by atoms with van der Waals surface area (Å²) in [6, 6.07) is 3.04. The van der Waals surface area contributed by atoms with Crippen LogP contribution in [0.4, 0.5) is 11.4 Å². The Balaban J connectivity index is 2.41. The van der Waals surface area contributed by atoms with Crippen molar-refractivity contribution < 1.29 is 14.8 Å². The van der Waals surface area contributed by atoms with Crippen LogP contribution in [0.2, 0.25) is 0 Å². The number of hydrogen-bond donors (Lipinski definition) is 2. The van der Waals surface area contributed by atoms with E-state index in [1.165, 1.54) is 17.8 Å². The molecular weight excluding hydrogens is 256 g/mol. The molecule has 1 atom stereocenters. The predicted octanol–water partition coefficient (Wildman–Crippen LogP) is 1.56. The van der Waals surface area contributed by atoms with Crippen LogP contribution in [0, 0.1) is 10.1 Å². The molecule has 0 saturated heterocycles. The number of fused-ring (bicyclic) bond motifs is 1. The monoisotopic (exact) mass is 268 g/mol. The Morgan fingerprint density at radius 2 is 2.33 bits per heavy atom. The number of amides is 1. The third-order valence-electron chi connectivity index (χ3n) is 2.59. The molecule has 0 spiro atoms. The van der Waals surface area contributed by atoms with E-state index >= 15 is 0 Å². The maximum absolute atomic E-state index is 11.2. The number of nitro benzene ring substituents is 1. The second-order valence-corrected chi connectivity index (χ2v) is 5.55. The van der Waals surface area contributed by atoms with Gasteiger partial charge in [0.05, 0.1) is 22.8 Å². The quantitative estimate of drug-likeness (QED) is 0.491. The average Bonchev–Trinajstić information content (AvgIpc) is 2.66. The molecule has 2 rings (SSSR count). The van der Waals surface area contributed by atoms with Crippen LogP contribution in [-0.2, 0) is 11.2 Å². The van der Waals surface area contributed by atoms with Gasteiger partial charge in [0.1, 0.15) is 0 Å². The molecule has 0 fully saturated rings. The lowest BCUT2D eigenvalue weighted by Gasteiger charge is -2.09. The van der Waals surface area contributed by atoms with Crippen molar-refractivity contribution in [2.24, 2.45) is 0 Å². The fourth-order valence-corrected chi connectivity index (χ4v) is 2.68. The van der Waals surface area contributed by atoms with Gasteiger partial charge < -0.3 is 10.4 Å². The minimum Gasteiger partial charge on any atom is -0.395 e. The number of nitro groups is 1. The van der Waals surface area contributed by atoms with Gasteiger partial charge in [-0.05, 0) is 11.6 Å². The molecule has 1 aliphatic rings. The van der Waals surface area contributed by atoms with E-state index < -0.39 is 4.92 Å². The number of carbonyl (C=O) groups is 1. The number of thioether (sulfide) groups is 1. The molecule has 0 radical (unpaired) electrons. The maximum Gasteiger partial charge on any atom is 0.283 e. The van der Waals surface area contributed by atoms with Crippen molar-refractivity contribution in [1.82, 2.24) is 0 Å². The zero-order valence-corrected chi connectivity index (χ0v) is 10.5. The van der Waals surface area contributed by atoms with Gasteiger partial charge in [0.25, 0.3) is 5.69 Å². The lowest BCUT2D eigenvalue weighted by molar-refractivity contribution is -0.387. The van der Waals surface area contributed by atoms with Gasteiger partial charge in [-0.25, -0.2) is 0 Å². The molecule has 0 saturated carbocycles. The largest absolute Gasteiger partial charge is 0.395 e. The third kappa shape index (κ3) is 2.46. The molecule has 2 N–H and O–H groups in total. The van der Waals surface area contributed by atoms with Crippen molar-refractivity contribution in [3.63, 3.8) is 0 Å². The molecule has 7 heteroatoms. The summed E-state index contributed by atoms with van der Waals surface area (Å²) >= 11 is 1.22. The number of carbonyl (C=O) groups excluding carboxylic acids is 1. The highest BCUT2D eigenvalue weighted by Gasteiger charge is 2.25. The highest BCUT2D eigenvalue weighted by Crippen LogP contribution is 2.38. The highest BCUT2D eigenvalue weighted by molar-refractivity contribution is 8.00. The Morgan fingerprint density at radius 3 is 2.94 bits per heavy atom. The van der Waals surface area contributed by atoms with Crippen molar-refractivity contribution in [2.45, 2.75) is 23.5 Å². The zero-order chi connectivity index (χ0) is 13.3. The summed E-state index contributed by atoms with van der Waals surface area (Å²) in [4.78, 5) is 22.2. The van der Waals surface area contributed by atoms with Crippen molar-refractivity contribution in [2.75, 3.05) is 11.9 Å². The minimum absolute atomic E-state index is 0.0180. The maximum atomic E-state index is 11.2. The smallest absolute Gasteiger partial charge is 0.283 e. The summed E-state index contributed by atoms with van der Waals surface area (Å²) in [6.45, 7) is 1.71. The molecule has 1 heterocycles. The summed E-state index contributed by atoms with van der Waals surface area (Å²) in [7, 11) is 0. The van der Waals surface area contributed by atoms with Crippen molar-refractivity contribution in [1.29, 1.82) is 0 Å². The van der Waals surface area contributed by atoms with E-state index in [0.717, 1.165) is 0 Å². The fraction of sp³-hybridized carbons (Fsp3) is 0.364. The van der Waals surface area contributed by atoms with E-state index in [1.54, 1.807) is 13.0 Å². The molecule has 0 aromatic heterocycles. The van der Waals surface area contributed by atoms with E-state index in [9.17, 15) is 14.9 Å². The molecule has 1 aromatic carbocycles. The Hall–Kier alpha value is -1.60. The normalized spacial score (nSPS) is 15.1. The first kappa shape index (κ1) is 12.8. The molecule has 1 aliphatic heterocycles. The average molecular weight is 268 g/mol. The van der Waals surface area contributed by atoms with Gasteiger partial charge in [0, 0.05) is 17.0 Å². The minimum atomic E-state index is -0.463. The number of hydrogen-bond acceptors (Lipinski definition) is 5. The Bertz CT molecular complexity index is 518. The Kier molecular flexibility index (Phi) is 3.53. The summed E-state index contributed by atoms with van der Waals surface area (Å²) in [5.41, 5.74) is 1.25. The van der Waals surface area contributed by atoms with Gasteiger partial charge in [0.2, 0.25) is 5.91 Å². The standard InChI is InChI=1S/C11H12N2O4S/c1-6(5-14)18-10-4-8-7(3-11(15)12-8)2-9(10)13(16)17/h2,4,6,14H,3,5H2,1H3,(H,12,15). The number of rotatable bonds is 4. The lowest BCUT2D eigenvalue weighted by atomic mass is 10.1. The Morgan fingerprint density at radius 1 is 1.61 bits per heavy atom. The summed E-state index contributed by atoms with van der Waals surface area (Å²) < 4.78 is 0. The fourth-order valence-electron chi connectivity index (χ4n) is 1.73. The lowest BCUT2D eigenvalue weighted by Crippen LogP contribution is -2.04. The van der Waals surface area contributed by atoms with Gasteiger partial charge in [-0.3, -0.25) is 14.9 Å². The second-order valence-electron chi connectivity index (χ2n) is 4.07. The van der Waals surface area contributed by atoms with E-state index in [0.29, 0.717) is 16.1 Å². The molecule has 96 valence electrons. The first-order valence-corrected chi connectivity index (χ1v) is 6.28. The molecule has 0 aliphatic carbocycles. The first-order valence-electron chi connectivity index (χ1n) is 5.40. The molecule has 18 heavy (non-hydrogen) atoms. The SMILES string of the molecule is CC(CO)Sc1cc2c(cc1[N+](=O)[O-])CC(=O)N2. The van der Waals surface area contributed by atoms with E-state index in [4.69, 9.17) is 5.11 Å². The van der Waals surface area contributed by atoms with Gasteiger partial charge in [-0.1, -0.05) is 6.92 Å². The van der Waals surface area contributed by atoms with E-state index in [2.05, 4.69) is 5.32 Å². The molecule has 1 aromatic rings. The Labute approximate surface area is 108 Å². The number of nitrogens with zero attached hydrogens (tertiary/aromatic N) is 1. The van der Waals surface area contributed by atoms with Gasteiger partial charge in [-0.2, -0.15) is 0 Å². The van der Waals surface area contributed by atoms with Crippen LogP contribution in [0.1, 0.15) is 12.5 Å². The number of aliphatic hydroxyl groups is 1. The summed E-state index contributed by atoms with van der Waals surface area (Å²) in [5, 5.41) is 22.5. The van der Waals surface area contributed by atoms with Crippen LogP contribution in [0.25, 0.3) is 0 Å². The zero-order valence-electron chi connectivity index (χ0n) is 9.67. The highest BCUT2D eigenvalue weighted by atomic mass is 32.2. The number of benzene rings is 1. The molecular formula is C11H12N2O4S. The van der Waals surface area contributed by atoms with Crippen molar-refractivity contribution in [3.05, 3.63) is 27.8 Å². The van der Waals surface area contributed by atoms with Crippen molar-refractivity contribution >= 4 is 29.0 Å². The van der Waals surface area contributed by atoms with Crippen LogP contribution < -0.4 is 5.32 Å². The predicted molar refractivity (Wildman–Crippen MR) is 67.8 cm³/mol. The van der Waals surface area contributed by atoms with Crippen LogP contribution >= 0.6 is 11.8 Å². The third-order valence-corrected chi connectivity index (χ3v) is 3.72. The summed E-state index contributed by atoms with van der Waals surface area (Å²) in [6.07, 6.45) is 0.177. The molecule has 0 bridgehead atoms. The second kappa shape index (κ2) is 4.95. The van der Waals surface area contributed by atoms with Crippen LogP contribution in [0.5, 0.6) is 0 Å². The van der Waals surface area contributed by atoms with Crippen molar-refractivity contribution in [3.8, 4) is 0 Å². The van der Waals surface area contributed by atoms with Gasteiger partial charge in [-0.15, -0.1) is 11.8 Å².